The van der Waals surface area contributed by atoms with Crippen molar-refractivity contribution < 1.29 is 28.6 Å². The van der Waals surface area contributed by atoms with Gasteiger partial charge in [0, 0.05) is 12.8 Å². The molecule has 0 fully saturated rings. The number of hydrogen-bond acceptors (Lipinski definition) is 9. The van der Waals surface area contributed by atoms with Crippen LogP contribution in [-0.2, 0) is 25.5 Å². The average Bonchev–Trinajstić information content (AvgIpc) is 3.12. The summed E-state index contributed by atoms with van der Waals surface area (Å²) in [4.78, 5) is 54.9. The highest BCUT2D eigenvalue weighted by molar-refractivity contribution is 7.20. The summed E-state index contributed by atoms with van der Waals surface area (Å²) in [5, 5.41) is 2.92. The van der Waals surface area contributed by atoms with E-state index in [0.29, 0.717) is 21.6 Å². The minimum atomic E-state index is -0.558. The van der Waals surface area contributed by atoms with Crippen LogP contribution in [0.1, 0.15) is 39.4 Å². The third kappa shape index (κ3) is 5.86. The van der Waals surface area contributed by atoms with Crippen LogP contribution in [0.5, 0.6) is 0 Å². The number of ether oxygens (including phenoxy) is 3. The second kappa shape index (κ2) is 11.0. The summed E-state index contributed by atoms with van der Waals surface area (Å²) in [6, 6.07) is 6.32. The largest absolute Gasteiger partial charge is 0.459 e. The molecule has 0 unspecified atom stereocenters. The summed E-state index contributed by atoms with van der Waals surface area (Å²) in [7, 11) is 1.50. The number of thiophene rings is 1. The maximum absolute atomic E-state index is 13.0. The predicted molar refractivity (Wildman–Crippen MR) is 126 cm³/mol. The van der Waals surface area contributed by atoms with E-state index in [1.807, 2.05) is 0 Å². The number of nitrogens with zero attached hydrogens (tertiary/aromatic N) is 2. The SMILES string of the molecule is COCCOC(=O)c1sc2ncn(CC(=O)Nc3cccc(C(=O)OC(C)C)c3)c(=O)c2c1C. The first kappa shape index (κ1) is 25.1. The Morgan fingerprint density at radius 1 is 1.18 bits per heavy atom. The monoisotopic (exact) mass is 487 g/mol. The van der Waals surface area contributed by atoms with E-state index in [-0.39, 0.29) is 36.1 Å². The lowest BCUT2D eigenvalue weighted by Gasteiger charge is -2.10. The van der Waals surface area contributed by atoms with E-state index >= 15 is 0 Å². The van der Waals surface area contributed by atoms with Crippen LogP contribution in [0.25, 0.3) is 10.2 Å². The lowest BCUT2D eigenvalue weighted by Crippen LogP contribution is -2.28. The number of anilines is 1. The summed E-state index contributed by atoms with van der Waals surface area (Å²) in [5.74, 6) is -1.54. The van der Waals surface area contributed by atoms with Crippen molar-refractivity contribution in [3.05, 3.63) is 57.0 Å². The fourth-order valence-corrected chi connectivity index (χ4v) is 4.14. The Labute approximate surface area is 199 Å². The molecule has 0 atom stereocenters. The Morgan fingerprint density at radius 3 is 2.65 bits per heavy atom. The molecule has 3 aromatic rings. The number of amides is 1. The van der Waals surface area contributed by atoms with Gasteiger partial charge in [-0.1, -0.05) is 6.07 Å². The maximum Gasteiger partial charge on any atom is 0.348 e. The highest BCUT2D eigenvalue weighted by atomic mass is 32.1. The minimum Gasteiger partial charge on any atom is -0.459 e. The van der Waals surface area contributed by atoms with E-state index in [9.17, 15) is 19.2 Å². The molecular weight excluding hydrogens is 462 g/mol. The number of rotatable bonds is 9. The van der Waals surface area contributed by atoms with Gasteiger partial charge < -0.3 is 19.5 Å². The molecular formula is C23H25N3O7S. The standard InChI is InChI=1S/C23H25N3O7S/c1-13(2)33-22(29)15-6-5-7-16(10-15)25-17(27)11-26-12-24-20-18(21(26)28)14(3)19(34-20)23(30)32-9-8-31-4/h5-7,10,12-13H,8-9,11H2,1-4H3,(H,25,27). The Kier molecular flexibility index (Phi) is 8.13. The van der Waals surface area contributed by atoms with Crippen molar-refractivity contribution in [3.63, 3.8) is 0 Å². The normalized spacial score (nSPS) is 11.0. The molecule has 0 saturated heterocycles. The molecule has 0 spiro atoms. The Bertz CT molecular complexity index is 1280. The zero-order valence-corrected chi connectivity index (χ0v) is 20.1. The molecule has 3 rings (SSSR count). The molecule has 0 aliphatic carbocycles. The number of carbonyl (C=O) groups excluding carboxylic acids is 3. The zero-order chi connectivity index (χ0) is 24.8. The van der Waals surface area contributed by atoms with Gasteiger partial charge >= 0.3 is 11.9 Å². The van der Waals surface area contributed by atoms with Crippen LogP contribution in [0.2, 0.25) is 0 Å². The van der Waals surface area contributed by atoms with Crippen LogP contribution in [0, 0.1) is 6.92 Å². The highest BCUT2D eigenvalue weighted by Gasteiger charge is 2.21. The molecule has 10 nitrogen and oxygen atoms in total. The van der Waals surface area contributed by atoms with Crippen LogP contribution in [0.4, 0.5) is 5.69 Å². The molecule has 1 aromatic carbocycles. The van der Waals surface area contributed by atoms with Crippen LogP contribution in [0.15, 0.2) is 35.4 Å². The van der Waals surface area contributed by atoms with Gasteiger partial charge in [0.15, 0.2) is 0 Å². The maximum atomic E-state index is 13.0. The molecule has 0 radical (unpaired) electrons. The molecule has 0 bridgehead atoms. The van der Waals surface area contributed by atoms with E-state index in [0.717, 1.165) is 15.9 Å². The van der Waals surface area contributed by atoms with Crippen molar-refractivity contribution in [2.45, 2.75) is 33.4 Å². The Morgan fingerprint density at radius 2 is 1.94 bits per heavy atom. The van der Waals surface area contributed by atoms with Gasteiger partial charge in [-0.3, -0.25) is 14.2 Å². The highest BCUT2D eigenvalue weighted by Crippen LogP contribution is 2.27. The van der Waals surface area contributed by atoms with Crippen molar-refractivity contribution in [2.75, 3.05) is 25.6 Å². The number of methoxy groups -OCH3 is 1. The number of esters is 2. The summed E-state index contributed by atoms with van der Waals surface area (Å²) in [5.41, 5.74) is 0.689. The minimum absolute atomic E-state index is 0.0945. The average molecular weight is 488 g/mol. The number of aryl methyl sites for hydroxylation is 1. The van der Waals surface area contributed by atoms with E-state index in [1.165, 1.54) is 19.5 Å². The molecule has 1 N–H and O–H groups in total. The first-order valence-corrected chi connectivity index (χ1v) is 11.3. The van der Waals surface area contributed by atoms with Crippen LogP contribution in [-0.4, -0.2) is 53.8 Å². The third-order valence-electron chi connectivity index (χ3n) is 4.66. The van der Waals surface area contributed by atoms with E-state index in [1.54, 1.807) is 39.0 Å². The van der Waals surface area contributed by atoms with Crippen molar-refractivity contribution in [3.8, 4) is 0 Å². The second-order valence-electron chi connectivity index (χ2n) is 7.63. The van der Waals surface area contributed by atoms with Gasteiger partial charge in [-0.15, -0.1) is 11.3 Å². The van der Waals surface area contributed by atoms with Crippen LogP contribution in [0.3, 0.4) is 0 Å². The van der Waals surface area contributed by atoms with Gasteiger partial charge in [0.1, 0.15) is 22.9 Å². The van der Waals surface area contributed by atoms with Gasteiger partial charge in [-0.05, 0) is 44.5 Å². The smallest absolute Gasteiger partial charge is 0.348 e. The van der Waals surface area contributed by atoms with Gasteiger partial charge in [0.2, 0.25) is 5.91 Å². The Balaban J connectivity index is 1.76. The van der Waals surface area contributed by atoms with Gasteiger partial charge in [-0.25, -0.2) is 14.6 Å². The fraction of sp³-hybridized carbons (Fsp3) is 0.348. The number of benzene rings is 1. The van der Waals surface area contributed by atoms with Crippen LogP contribution < -0.4 is 10.9 Å². The first-order valence-electron chi connectivity index (χ1n) is 10.5. The summed E-state index contributed by atoms with van der Waals surface area (Å²) in [6.07, 6.45) is 0.990. The van der Waals surface area contributed by atoms with E-state index in [4.69, 9.17) is 14.2 Å². The molecule has 180 valence electrons. The molecule has 2 heterocycles. The predicted octanol–water partition coefficient (Wildman–Crippen LogP) is 2.77. The molecule has 0 aliphatic rings. The molecule has 0 saturated carbocycles. The number of nitrogens with one attached hydrogen (secondary N) is 1. The molecule has 11 heteroatoms. The molecule has 0 aliphatic heterocycles. The molecule has 2 aromatic heterocycles. The third-order valence-corrected chi connectivity index (χ3v) is 5.84. The van der Waals surface area contributed by atoms with Gasteiger partial charge in [0.25, 0.3) is 5.56 Å². The summed E-state index contributed by atoms with van der Waals surface area (Å²) in [6.45, 7) is 5.19. The van der Waals surface area contributed by atoms with Gasteiger partial charge in [-0.2, -0.15) is 0 Å². The van der Waals surface area contributed by atoms with Crippen molar-refractivity contribution in [1.82, 2.24) is 9.55 Å². The number of hydrogen-bond donors (Lipinski definition) is 1. The van der Waals surface area contributed by atoms with Crippen LogP contribution >= 0.6 is 11.3 Å². The van der Waals surface area contributed by atoms with Gasteiger partial charge in [0.05, 0.1) is 30.0 Å². The van der Waals surface area contributed by atoms with E-state index < -0.39 is 23.4 Å². The van der Waals surface area contributed by atoms with Crippen molar-refractivity contribution in [1.29, 1.82) is 0 Å². The van der Waals surface area contributed by atoms with Crippen molar-refractivity contribution in [2.24, 2.45) is 0 Å². The number of carbonyl (C=O) groups is 3. The molecule has 34 heavy (non-hydrogen) atoms. The quantitative estimate of drug-likeness (QED) is 0.361. The van der Waals surface area contributed by atoms with Crippen molar-refractivity contribution >= 4 is 45.1 Å². The van der Waals surface area contributed by atoms with E-state index in [2.05, 4.69) is 10.3 Å². The summed E-state index contributed by atoms with van der Waals surface area (Å²) < 4.78 is 16.3. The summed E-state index contributed by atoms with van der Waals surface area (Å²) >= 11 is 1.06. The first-order chi connectivity index (χ1) is 16.2. The number of fused-ring (bicyclic) bond motifs is 1. The lowest BCUT2D eigenvalue weighted by atomic mass is 10.2. The fourth-order valence-electron chi connectivity index (χ4n) is 3.11. The number of aromatic nitrogens is 2. The topological polar surface area (TPSA) is 126 Å². The lowest BCUT2D eigenvalue weighted by molar-refractivity contribution is -0.116. The zero-order valence-electron chi connectivity index (χ0n) is 19.2. The Hall–Kier alpha value is -3.57. The second-order valence-corrected chi connectivity index (χ2v) is 8.62. The molecule has 1 amide bonds.